The fourth-order valence-corrected chi connectivity index (χ4v) is 1.34. The lowest BCUT2D eigenvalue weighted by Gasteiger charge is -1.99. The van der Waals surface area contributed by atoms with Crippen LogP contribution < -0.4 is 11.1 Å². The van der Waals surface area contributed by atoms with E-state index in [1.165, 1.54) is 0 Å². The monoisotopic (exact) mass is 247 g/mol. The van der Waals surface area contributed by atoms with E-state index < -0.39 is 0 Å². The summed E-state index contributed by atoms with van der Waals surface area (Å²) in [5.41, 5.74) is 6.63. The second kappa shape index (κ2) is 5.82. The van der Waals surface area contributed by atoms with Gasteiger partial charge in [0.05, 0.1) is 37.7 Å². The van der Waals surface area contributed by atoms with Gasteiger partial charge in [-0.25, -0.2) is 4.68 Å². The van der Waals surface area contributed by atoms with Gasteiger partial charge in [0.1, 0.15) is 5.69 Å². The number of carbonyl (C=O) groups is 1. The largest absolute Gasteiger partial charge is 0.349 e. The van der Waals surface area contributed by atoms with Gasteiger partial charge in [-0.15, -0.1) is 5.10 Å². The molecular weight excluding hydrogens is 234 g/mol. The molecule has 2 heterocycles. The average molecular weight is 247 g/mol. The van der Waals surface area contributed by atoms with Crippen molar-refractivity contribution in [2.45, 2.75) is 13.1 Å². The van der Waals surface area contributed by atoms with E-state index in [0.29, 0.717) is 18.8 Å². The third-order valence-corrected chi connectivity index (χ3v) is 2.18. The van der Waals surface area contributed by atoms with Crippen molar-refractivity contribution in [3.63, 3.8) is 0 Å². The Balaban J connectivity index is 1.92. The maximum Gasteiger partial charge on any atom is 0.234 e. The molecule has 0 bridgehead atoms. The summed E-state index contributed by atoms with van der Waals surface area (Å²) in [4.78, 5) is 19.1. The lowest BCUT2D eigenvalue weighted by molar-refractivity contribution is -0.119. The molecule has 2 aromatic rings. The van der Waals surface area contributed by atoms with Crippen LogP contribution >= 0.6 is 0 Å². The predicted molar refractivity (Wildman–Crippen MR) is 62.1 cm³/mol. The van der Waals surface area contributed by atoms with E-state index in [9.17, 15) is 4.79 Å². The zero-order chi connectivity index (χ0) is 12.8. The minimum Gasteiger partial charge on any atom is -0.349 e. The number of hydrogen-bond donors (Lipinski definition) is 2. The molecule has 0 aromatic carbocycles. The minimum absolute atomic E-state index is 0.0340. The van der Waals surface area contributed by atoms with Crippen LogP contribution in [0, 0.1) is 0 Å². The van der Waals surface area contributed by atoms with Crippen molar-refractivity contribution < 1.29 is 4.79 Å². The number of carbonyl (C=O) groups excluding carboxylic acids is 1. The molecule has 94 valence electrons. The number of aromatic nitrogens is 5. The van der Waals surface area contributed by atoms with E-state index in [1.807, 2.05) is 0 Å². The summed E-state index contributed by atoms with van der Waals surface area (Å²) in [7, 11) is 0. The third-order valence-electron chi connectivity index (χ3n) is 2.18. The SMILES string of the molecule is NCC(=O)NCc1cn(Cc2cnccn2)nn1. The Morgan fingerprint density at radius 1 is 1.39 bits per heavy atom. The first kappa shape index (κ1) is 12.1. The zero-order valence-corrected chi connectivity index (χ0v) is 9.65. The molecule has 0 aliphatic carbocycles. The van der Waals surface area contributed by atoms with Crippen LogP contribution in [-0.2, 0) is 17.9 Å². The second-order valence-electron chi connectivity index (χ2n) is 3.59. The number of nitrogens with one attached hydrogen (secondary N) is 1. The molecule has 0 radical (unpaired) electrons. The molecule has 0 fully saturated rings. The highest BCUT2D eigenvalue weighted by Gasteiger charge is 2.03. The van der Waals surface area contributed by atoms with E-state index in [4.69, 9.17) is 5.73 Å². The highest BCUT2D eigenvalue weighted by atomic mass is 16.1. The quantitative estimate of drug-likeness (QED) is 0.678. The molecule has 0 unspecified atom stereocenters. The van der Waals surface area contributed by atoms with Crippen molar-refractivity contribution in [2.24, 2.45) is 5.73 Å². The lowest BCUT2D eigenvalue weighted by Crippen LogP contribution is -2.29. The first-order chi connectivity index (χ1) is 8.78. The molecule has 0 aliphatic heterocycles. The Morgan fingerprint density at radius 2 is 2.28 bits per heavy atom. The van der Waals surface area contributed by atoms with E-state index in [2.05, 4.69) is 25.6 Å². The van der Waals surface area contributed by atoms with Crippen LogP contribution in [0.2, 0.25) is 0 Å². The average Bonchev–Trinajstić information content (AvgIpc) is 2.85. The second-order valence-corrected chi connectivity index (χ2v) is 3.59. The van der Waals surface area contributed by atoms with E-state index in [1.54, 1.807) is 29.5 Å². The van der Waals surface area contributed by atoms with Crippen molar-refractivity contribution >= 4 is 5.91 Å². The number of hydrogen-bond acceptors (Lipinski definition) is 6. The molecule has 1 amide bonds. The summed E-state index contributed by atoms with van der Waals surface area (Å²) in [6.07, 6.45) is 6.64. The molecule has 8 nitrogen and oxygen atoms in total. The van der Waals surface area contributed by atoms with Crippen molar-refractivity contribution in [1.29, 1.82) is 0 Å². The van der Waals surface area contributed by atoms with Gasteiger partial charge < -0.3 is 11.1 Å². The van der Waals surface area contributed by atoms with E-state index in [-0.39, 0.29) is 12.5 Å². The van der Waals surface area contributed by atoms with Gasteiger partial charge in [0.2, 0.25) is 5.91 Å². The summed E-state index contributed by atoms with van der Waals surface area (Å²) in [6.45, 7) is 0.774. The molecule has 18 heavy (non-hydrogen) atoms. The fraction of sp³-hybridized carbons (Fsp3) is 0.300. The molecule has 2 rings (SSSR count). The Labute approximate surface area is 103 Å². The Hall–Kier alpha value is -2.35. The number of nitrogens with two attached hydrogens (primary N) is 1. The summed E-state index contributed by atoms with van der Waals surface area (Å²) >= 11 is 0. The maximum absolute atomic E-state index is 11.0. The highest BCUT2D eigenvalue weighted by Crippen LogP contribution is 1.97. The molecule has 0 aliphatic rings. The molecule has 8 heteroatoms. The number of rotatable bonds is 5. The van der Waals surface area contributed by atoms with Crippen LogP contribution in [-0.4, -0.2) is 37.4 Å². The normalized spacial score (nSPS) is 10.3. The summed E-state index contributed by atoms with van der Waals surface area (Å²) < 4.78 is 1.63. The van der Waals surface area contributed by atoms with Crippen molar-refractivity contribution in [1.82, 2.24) is 30.3 Å². The Morgan fingerprint density at radius 3 is 3.00 bits per heavy atom. The zero-order valence-electron chi connectivity index (χ0n) is 9.65. The van der Waals surface area contributed by atoms with Crippen molar-refractivity contribution in [3.05, 3.63) is 36.2 Å². The van der Waals surface area contributed by atoms with Crippen LogP contribution in [0.4, 0.5) is 0 Å². The molecule has 0 atom stereocenters. The predicted octanol–water partition coefficient (Wildman–Crippen LogP) is -1.31. The topological polar surface area (TPSA) is 112 Å². The van der Waals surface area contributed by atoms with E-state index in [0.717, 1.165) is 5.69 Å². The molecule has 2 aromatic heterocycles. The molecule has 0 spiro atoms. The fourth-order valence-electron chi connectivity index (χ4n) is 1.34. The van der Waals surface area contributed by atoms with Gasteiger partial charge >= 0.3 is 0 Å². The third kappa shape index (κ3) is 3.32. The minimum atomic E-state index is -0.224. The number of amides is 1. The van der Waals surface area contributed by atoms with Crippen molar-refractivity contribution in [2.75, 3.05) is 6.54 Å². The van der Waals surface area contributed by atoms with Crippen LogP contribution in [0.1, 0.15) is 11.4 Å². The van der Waals surface area contributed by atoms with E-state index >= 15 is 0 Å². The van der Waals surface area contributed by atoms with Gasteiger partial charge in [-0.05, 0) is 0 Å². The van der Waals surface area contributed by atoms with Crippen LogP contribution in [0.15, 0.2) is 24.8 Å². The van der Waals surface area contributed by atoms with Gasteiger partial charge in [0.25, 0.3) is 0 Å². The van der Waals surface area contributed by atoms with Gasteiger partial charge in [-0.2, -0.15) is 0 Å². The van der Waals surface area contributed by atoms with Gasteiger partial charge in [-0.1, -0.05) is 5.21 Å². The highest BCUT2D eigenvalue weighted by molar-refractivity contribution is 5.77. The Bertz CT molecular complexity index is 510. The first-order valence-corrected chi connectivity index (χ1v) is 5.38. The van der Waals surface area contributed by atoms with Gasteiger partial charge in [-0.3, -0.25) is 14.8 Å². The molecular formula is C10H13N7O. The van der Waals surface area contributed by atoms with Gasteiger partial charge in [0, 0.05) is 12.4 Å². The van der Waals surface area contributed by atoms with Crippen LogP contribution in [0.25, 0.3) is 0 Å². The maximum atomic E-state index is 11.0. The van der Waals surface area contributed by atoms with Crippen LogP contribution in [0.3, 0.4) is 0 Å². The lowest BCUT2D eigenvalue weighted by atomic mass is 10.4. The summed E-state index contributed by atoms with van der Waals surface area (Å²) in [6, 6.07) is 0. The van der Waals surface area contributed by atoms with Gasteiger partial charge in [0.15, 0.2) is 0 Å². The molecule has 0 saturated carbocycles. The smallest absolute Gasteiger partial charge is 0.234 e. The standard InChI is InChI=1S/C10H13N7O/c11-3-10(18)14-5-9-7-17(16-15-9)6-8-4-12-1-2-13-8/h1-2,4,7H,3,5-6,11H2,(H,14,18). The molecule has 3 N–H and O–H groups in total. The first-order valence-electron chi connectivity index (χ1n) is 5.38. The van der Waals surface area contributed by atoms with Crippen LogP contribution in [0.5, 0.6) is 0 Å². The molecule has 0 saturated heterocycles. The summed E-state index contributed by atoms with van der Waals surface area (Å²) in [5.74, 6) is -0.224. The van der Waals surface area contributed by atoms with Crippen molar-refractivity contribution in [3.8, 4) is 0 Å². The number of nitrogens with zero attached hydrogens (tertiary/aromatic N) is 5. The summed E-state index contributed by atoms with van der Waals surface area (Å²) in [5, 5.41) is 10.5. The Kier molecular flexibility index (Phi) is 3.92.